The van der Waals surface area contributed by atoms with E-state index in [2.05, 4.69) is 43.5 Å². The van der Waals surface area contributed by atoms with Crippen molar-refractivity contribution in [1.29, 1.82) is 0 Å². The summed E-state index contributed by atoms with van der Waals surface area (Å²) < 4.78 is 11.7. The Hall–Kier alpha value is -1.18. The molecule has 3 rings (SSSR count). The van der Waals surface area contributed by atoms with Gasteiger partial charge in [0.2, 0.25) is 0 Å². The van der Waals surface area contributed by atoms with E-state index in [1.807, 2.05) is 6.92 Å². The summed E-state index contributed by atoms with van der Waals surface area (Å²) in [5.41, 5.74) is 2.31. The van der Waals surface area contributed by atoms with Gasteiger partial charge in [0.15, 0.2) is 5.96 Å². The van der Waals surface area contributed by atoms with Gasteiger partial charge in [-0.2, -0.15) is 0 Å². The predicted octanol–water partition coefficient (Wildman–Crippen LogP) is 3.49. The molecular formula is C19H30IN3O2. The van der Waals surface area contributed by atoms with Crippen LogP contribution in [0.1, 0.15) is 45.2 Å². The second kappa shape index (κ2) is 8.96. The molecule has 0 saturated heterocycles. The van der Waals surface area contributed by atoms with Crippen molar-refractivity contribution in [1.82, 2.24) is 10.6 Å². The maximum absolute atomic E-state index is 5.89. The average Bonchev–Trinajstić information content (AvgIpc) is 3.10. The fourth-order valence-corrected chi connectivity index (χ4v) is 3.08. The standard InChI is InChI=1S/C19H29N3O2.HI/c1-5-20-19(22-16-7-12(16)3)21-11-15-10-18-14(8-13(4)24-18)9-17(15)23-6-2;/h9-10,12-13,16H,5-8,11H2,1-4H3,(H2,20,21,22);1H. The quantitative estimate of drug-likeness (QED) is 0.389. The number of nitrogens with zero attached hydrogens (tertiary/aromatic N) is 1. The van der Waals surface area contributed by atoms with E-state index in [-0.39, 0.29) is 30.1 Å². The van der Waals surface area contributed by atoms with E-state index >= 15 is 0 Å². The van der Waals surface area contributed by atoms with Gasteiger partial charge in [-0.25, -0.2) is 4.99 Å². The SMILES string of the molecule is CCNC(=NCc1cc2c(cc1OCC)CC(C)O2)NC1CC1C.I. The summed E-state index contributed by atoms with van der Waals surface area (Å²) >= 11 is 0. The lowest BCUT2D eigenvalue weighted by Gasteiger charge is -2.13. The Morgan fingerprint density at radius 1 is 1.32 bits per heavy atom. The highest BCUT2D eigenvalue weighted by Crippen LogP contribution is 2.35. The van der Waals surface area contributed by atoms with Crippen molar-refractivity contribution in [3.05, 3.63) is 23.3 Å². The zero-order valence-corrected chi connectivity index (χ0v) is 17.9. The third kappa shape index (κ3) is 5.15. The zero-order valence-electron chi connectivity index (χ0n) is 15.6. The first-order chi connectivity index (χ1) is 11.6. The van der Waals surface area contributed by atoms with Gasteiger partial charge >= 0.3 is 0 Å². The molecule has 0 bridgehead atoms. The van der Waals surface area contributed by atoms with Crippen molar-refractivity contribution in [2.24, 2.45) is 10.9 Å². The summed E-state index contributed by atoms with van der Waals surface area (Å²) in [5.74, 6) is 3.52. The minimum atomic E-state index is 0. The van der Waals surface area contributed by atoms with E-state index in [1.165, 1.54) is 12.0 Å². The molecule has 1 heterocycles. The fraction of sp³-hybridized carbons (Fsp3) is 0.632. The van der Waals surface area contributed by atoms with Crippen LogP contribution in [0.3, 0.4) is 0 Å². The average molecular weight is 459 g/mol. The highest BCUT2D eigenvalue weighted by Gasteiger charge is 2.33. The second-order valence-electron chi connectivity index (χ2n) is 6.79. The molecule has 1 fully saturated rings. The number of fused-ring (bicyclic) bond motifs is 1. The number of halogens is 1. The molecular weight excluding hydrogens is 429 g/mol. The van der Waals surface area contributed by atoms with Crippen LogP contribution in [0.4, 0.5) is 0 Å². The summed E-state index contributed by atoms with van der Waals surface area (Å²) in [6.45, 7) is 10.6. The molecule has 0 spiro atoms. The van der Waals surface area contributed by atoms with Crippen LogP contribution < -0.4 is 20.1 Å². The molecule has 2 aliphatic rings. The Morgan fingerprint density at radius 3 is 2.72 bits per heavy atom. The Balaban J connectivity index is 0.00000225. The number of aliphatic imine (C=N–C) groups is 1. The van der Waals surface area contributed by atoms with E-state index in [4.69, 9.17) is 14.5 Å². The van der Waals surface area contributed by atoms with Gasteiger partial charge in [-0.15, -0.1) is 24.0 Å². The molecule has 0 aromatic heterocycles. The minimum absolute atomic E-state index is 0. The van der Waals surface area contributed by atoms with Gasteiger partial charge in [0.05, 0.1) is 13.2 Å². The lowest BCUT2D eigenvalue weighted by Crippen LogP contribution is -2.39. The zero-order chi connectivity index (χ0) is 17.1. The molecule has 2 N–H and O–H groups in total. The lowest BCUT2D eigenvalue weighted by molar-refractivity contribution is 0.254. The molecule has 3 unspecified atom stereocenters. The predicted molar refractivity (Wildman–Crippen MR) is 112 cm³/mol. The first-order valence-electron chi connectivity index (χ1n) is 9.10. The fourth-order valence-electron chi connectivity index (χ4n) is 3.08. The van der Waals surface area contributed by atoms with Crippen molar-refractivity contribution in [2.45, 2.75) is 59.2 Å². The van der Waals surface area contributed by atoms with Crippen LogP contribution in [-0.4, -0.2) is 31.3 Å². The highest BCUT2D eigenvalue weighted by atomic mass is 127. The first kappa shape index (κ1) is 20.1. The van der Waals surface area contributed by atoms with Crippen LogP contribution in [0.25, 0.3) is 0 Å². The van der Waals surface area contributed by atoms with Gasteiger partial charge in [-0.3, -0.25) is 0 Å². The van der Waals surface area contributed by atoms with Crippen LogP contribution >= 0.6 is 24.0 Å². The third-order valence-electron chi connectivity index (χ3n) is 4.56. The van der Waals surface area contributed by atoms with Gasteiger partial charge in [-0.1, -0.05) is 6.92 Å². The Morgan fingerprint density at radius 2 is 2.08 bits per heavy atom. The third-order valence-corrected chi connectivity index (χ3v) is 4.56. The number of nitrogens with one attached hydrogen (secondary N) is 2. The largest absolute Gasteiger partial charge is 0.494 e. The molecule has 6 heteroatoms. The summed E-state index contributed by atoms with van der Waals surface area (Å²) in [6.07, 6.45) is 2.41. The number of ether oxygens (including phenoxy) is 2. The molecule has 1 aromatic rings. The molecule has 3 atom stereocenters. The van der Waals surface area contributed by atoms with Crippen molar-refractivity contribution in [3.63, 3.8) is 0 Å². The van der Waals surface area contributed by atoms with E-state index in [9.17, 15) is 0 Å². The molecule has 25 heavy (non-hydrogen) atoms. The van der Waals surface area contributed by atoms with Crippen LogP contribution in [0.5, 0.6) is 11.5 Å². The monoisotopic (exact) mass is 459 g/mol. The molecule has 140 valence electrons. The normalized spacial score (nSPS) is 24.0. The van der Waals surface area contributed by atoms with Crippen LogP contribution in [0.2, 0.25) is 0 Å². The maximum atomic E-state index is 5.89. The van der Waals surface area contributed by atoms with Crippen molar-refractivity contribution >= 4 is 29.9 Å². The Labute approximate surface area is 168 Å². The van der Waals surface area contributed by atoms with E-state index < -0.39 is 0 Å². The van der Waals surface area contributed by atoms with E-state index in [0.717, 1.165) is 41.9 Å². The topological polar surface area (TPSA) is 54.9 Å². The second-order valence-corrected chi connectivity index (χ2v) is 6.79. The van der Waals surface area contributed by atoms with Gasteiger partial charge in [0, 0.05) is 30.1 Å². The summed E-state index contributed by atoms with van der Waals surface area (Å²) in [5, 5.41) is 6.81. The summed E-state index contributed by atoms with van der Waals surface area (Å²) in [7, 11) is 0. The van der Waals surface area contributed by atoms with Gasteiger partial charge in [0.1, 0.15) is 17.6 Å². The molecule has 1 aliphatic carbocycles. The van der Waals surface area contributed by atoms with Crippen molar-refractivity contribution in [3.8, 4) is 11.5 Å². The number of benzene rings is 1. The van der Waals surface area contributed by atoms with Crippen molar-refractivity contribution < 1.29 is 9.47 Å². The molecule has 5 nitrogen and oxygen atoms in total. The van der Waals surface area contributed by atoms with Crippen LogP contribution in [0, 0.1) is 5.92 Å². The van der Waals surface area contributed by atoms with Gasteiger partial charge in [0.25, 0.3) is 0 Å². The summed E-state index contributed by atoms with van der Waals surface area (Å²) in [4.78, 5) is 4.74. The molecule has 0 radical (unpaired) electrons. The number of rotatable bonds is 6. The molecule has 1 saturated carbocycles. The minimum Gasteiger partial charge on any atom is -0.494 e. The van der Waals surface area contributed by atoms with Crippen LogP contribution in [-0.2, 0) is 13.0 Å². The van der Waals surface area contributed by atoms with Gasteiger partial charge in [-0.05, 0) is 45.2 Å². The molecule has 1 aromatic carbocycles. The number of hydrogen-bond donors (Lipinski definition) is 2. The highest BCUT2D eigenvalue weighted by molar-refractivity contribution is 14.0. The van der Waals surface area contributed by atoms with E-state index in [0.29, 0.717) is 19.2 Å². The lowest BCUT2D eigenvalue weighted by atomic mass is 10.1. The number of guanidine groups is 1. The summed E-state index contributed by atoms with van der Waals surface area (Å²) in [6, 6.07) is 4.77. The number of hydrogen-bond acceptors (Lipinski definition) is 3. The molecule has 0 amide bonds. The van der Waals surface area contributed by atoms with Gasteiger partial charge < -0.3 is 20.1 Å². The Bertz CT molecular complexity index is 621. The smallest absolute Gasteiger partial charge is 0.191 e. The Kier molecular flexibility index (Phi) is 7.22. The first-order valence-corrected chi connectivity index (χ1v) is 9.10. The van der Waals surface area contributed by atoms with Crippen molar-refractivity contribution in [2.75, 3.05) is 13.2 Å². The van der Waals surface area contributed by atoms with E-state index in [1.54, 1.807) is 0 Å². The maximum Gasteiger partial charge on any atom is 0.191 e. The molecule has 1 aliphatic heterocycles. The van der Waals surface area contributed by atoms with Crippen LogP contribution in [0.15, 0.2) is 17.1 Å².